The molecule has 0 unspecified atom stereocenters. The molecule has 0 aromatic heterocycles. The van der Waals surface area contributed by atoms with Crippen molar-refractivity contribution < 1.29 is 77.9 Å². The topological polar surface area (TPSA) is 36.9 Å². The summed E-state index contributed by atoms with van der Waals surface area (Å²) in [4.78, 5) is 0. The van der Waals surface area contributed by atoms with Crippen molar-refractivity contribution in [1.29, 1.82) is 0 Å². The van der Waals surface area contributed by atoms with Gasteiger partial charge >= 0.3 is 21.7 Å². The van der Waals surface area contributed by atoms with E-state index in [1.807, 2.05) is 98.8 Å². The van der Waals surface area contributed by atoms with E-state index in [0.29, 0.717) is 0 Å². The van der Waals surface area contributed by atoms with Crippen molar-refractivity contribution in [3.8, 4) is 0 Å². The third-order valence-corrected chi connectivity index (χ3v) is 6.67. The monoisotopic (exact) mass is 684 g/mol. The molecule has 1 saturated heterocycles. The van der Waals surface area contributed by atoms with Crippen molar-refractivity contribution in [2.45, 2.75) is 37.9 Å². The third kappa shape index (κ3) is 11.2. The van der Waals surface area contributed by atoms with Gasteiger partial charge in [0.2, 0.25) is 0 Å². The molecule has 8 heteroatoms. The summed E-state index contributed by atoms with van der Waals surface area (Å²) < 4.78 is 23.5. The quantitative estimate of drug-likeness (QED) is 0.177. The van der Waals surface area contributed by atoms with Crippen molar-refractivity contribution >= 4 is 0 Å². The summed E-state index contributed by atoms with van der Waals surface area (Å²) in [5, 5.41) is 0. The van der Waals surface area contributed by atoms with Gasteiger partial charge in [-0.25, -0.2) is 12.2 Å². The Morgan fingerprint density at radius 3 is 1.32 bits per heavy atom. The molecule has 0 amide bonds. The van der Waals surface area contributed by atoms with Gasteiger partial charge in [-0.05, 0) is 36.1 Å². The predicted molar refractivity (Wildman–Crippen MR) is 157 cm³/mol. The van der Waals surface area contributed by atoms with Gasteiger partial charge in [0, 0.05) is 11.9 Å². The van der Waals surface area contributed by atoms with Gasteiger partial charge in [0.15, 0.2) is 5.79 Å². The molecular weight excluding hydrogens is 651 g/mol. The van der Waals surface area contributed by atoms with E-state index in [0.717, 1.165) is 41.2 Å². The molecule has 4 nitrogen and oxygen atoms in total. The molecule has 0 spiro atoms. The standard InChI is InChI=1S/C31H25O2.C5H10O2.3ClH.Ti/c1-5-14-24(15-6-1)30(25-16-7-2-8-17-25)32-28-22-13-23-29(28)33-31(26-18-9-3-10-19-26)27-20-11-4-12-21-27;1-5(2)6-3-4-7-5;;;;/h1-22,29-31H;3-4H2,1-2H3;3*1H;/q-1;;;;;+4/p-3/t29-;;;;;/m0...../s1. The fourth-order valence-electron chi connectivity index (χ4n) is 4.67. The minimum absolute atomic E-state index is 0. The number of hydrogen-bond acceptors (Lipinski definition) is 4. The molecule has 1 aliphatic carbocycles. The molecule has 44 heavy (non-hydrogen) atoms. The van der Waals surface area contributed by atoms with E-state index in [-0.39, 0.29) is 76.9 Å². The van der Waals surface area contributed by atoms with Crippen molar-refractivity contribution in [2.75, 3.05) is 13.2 Å². The molecule has 0 N–H and O–H groups in total. The van der Waals surface area contributed by atoms with Gasteiger partial charge in [-0.3, -0.25) is 0 Å². The van der Waals surface area contributed by atoms with Gasteiger partial charge in [-0.1, -0.05) is 121 Å². The Hall–Kier alpha value is -2.38. The average molecular weight is 686 g/mol. The first-order chi connectivity index (χ1) is 19.6. The van der Waals surface area contributed by atoms with Crippen LogP contribution in [0.3, 0.4) is 0 Å². The van der Waals surface area contributed by atoms with Crippen molar-refractivity contribution in [3.05, 3.63) is 168 Å². The molecule has 0 bridgehead atoms. The van der Waals surface area contributed by atoms with Crippen LogP contribution in [0.25, 0.3) is 0 Å². The van der Waals surface area contributed by atoms with E-state index < -0.39 is 6.10 Å². The Balaban J connectivity index is 0.000000782. The van der Waals surface area contributed by atoms with Crippen LogP contribution >= 0.6 is 0 Å². The molecule has 2 aliphatic rings. The van der Waals surface area contributed by atoms with E-state index >= 15 is 0 Å². The summed E-state index contributed by atoms with van der Waals surface area (Å²) >= 11 is 0. The van der Waals surface area contributed by atoms with Gasteiger partial charge in [0.25, 0.3) is 0 Å². The van der Waals surface area contributed by atoms with Crippen LogP contribution in [-0.2, 0) is 40.7 Å². The first-order valence-electron chi connectivity index (χ1n) is 13.7. The smallest absolute Gasteiger partial charge is 1.00 e. The van der Waals surface area contributed by atoms with Crippen molar-refractivity contribution in [3.63, 3.8) is 0 Å². The second-order valence-corrected chi connectivity index (χ2v) is 10.0. The molecule has 1 heterocycles. The molecule has 0 saturated carbocycles. The van der Waals surface area contributed by atoms with E-state index in [1.54, 1.807) is 0 Å². The minimum Gasteiger partial charge on any atom is -1.00 e. The molecule has 4 aromatic rings. The first kappa shape index (κ1) is 39.6. The van der Waals surface area contributed by atoms with Crippen LogP contribution in [0.2, 0.25) is 0 Å². The molecule has 0 radical (unpaired) electrons. The van der Waals surface area contributed by atoms with E-state index in [9.17, 15) is 0 Å². The second-order valence-electron chi connectivity index (χ2n) is 10.0. The van der Waals surface area contributed by atoms with Crippen molar-refractivity contribution in [1.82, 2.24) is 0 Å². The van der Waals surface area contributed by atoms with E-state index in [1.165, 1.54) is 0 Å². The summed E-state index contributed by atoms with van der Waals surface area (Å²) in [6.45, 7) is 5.32. The Morgan fingerprint density at radius 2 is 0.977 bits per heavy atom. The maximum Gasteiger partial charge on any atom is 4.00 e. The van der Waals surface area contributed by atoms with Gasteiger partial charge in [0.1, 0.15) is 12.2 Å². The van der Waals surface area contributed by atoms with Crippen LogP contribution in [0.5, 0.6) is 0 Å². The van der Waals surface area contributed by atoms with Crippen LogP contribution in [0.15, 0.2) is 139 Å². The first-order valence-corrected chi connectivity index (χ1v) is 13.7. The van der Waals surface area contributed by atoms with Gasteiger partial charge < -0.3 is 56.2 Å². The van der Waals surface area contributed by atoms with Gasteiger partial charge in [-0.15, -0.1) is 0 Å². The Kier molecular flexibility index (Phi) is 17.9. The Bertz CT molecular complexity index is 1300. The third-order valence-electron chi connectivity index (χ3n) is 6.67. The van der Waals surface area contributed by atoms with Crippen LogP contribution in [0, 0.1) is 6.08 Å². The molecular formula is C36H35Cl3O4Ti. The SMILES string of the molecule is CC1(C)OCCO1.[C-]1=CC=C(OC(c2ccccc2)c2ccccc2)[C@H]1OC(c1ccccc1)c1ccccc1.[Cl-].[Cl-].[Cl-].[Ti+4]. The fraction of sp³-hybridized carbons (Fsp3) is 0.222. The van der Waals surface area contributed by atoms with Gasteiger partial charge in [0.05, 0.1) is 13.2 Å². The van der Waals surface area contributed by atoms with Crippen LogP contribution in [0.4, 0.5) is 0 Å². The summed E-state index contributed by atoms with van der Waals surface area (Å²) in [5.74, 6) is 0.449. The van der Waals surface area contributed by atoms with Crippen LogP contribution in [0.1, 0.15) is 48.3 Å². The number of rotatable bonds is 8. The second kappa shape index (κ2) is 19.9. The normalized spacial score (nSPS) is 15.8. The fourth-order valence-corrected chi connectivity index (χ4v) is 4.67. The van der Waals surface area contributed by atoms with E-state index in [2.05, 4.69) is 54.6 Å². The molecule has 4 aromatic carbocycles. The number of ether oxygens (including phenoxy) is 4. The number of halogens is 3. The minimum atomic E-state index is -0.398. The van der Waals surface area contributed by atoms with Crippen LogP contribution < -0.4 is 37.2 Å². The van der Waals surface area contributed by atoms with E-state index in [4.69, 9.17) is 18.9 Å². The predicted octanol–water partition coefficient (Wildman–Crippen LogP) is -0.997. The zero-order valence-corrected chi connectivity index (χ0v) is 28.4. The summed E-state index contributed by atoms with van der Waals surface area (Å²) in [7, 11) is 0. The Labute approximate surface area is 295 Å². The number of allylic oxidation sites excluding steroid dienone is 2. The zero-order chi connectivity index (χ0) is 27.6. The molecule has 6 rings (SSSR count). The maximum absolute atomic E-state index is 6.63. The largest absolute Gasteiger partial charge is 4.00 e. The van der Waals surface area contributed by atoms with Gasteiger partial charge in [-0.2, -0.15) is 6.08 Å². The molecule has 1 atom stereocenters. The summed E-state index contributed by atoms with van der Waals surface area (Å²) in [5.41, 5.74) is 4.38. The molecule has 1 fully saturated rings. The number of benzene rings is 4. The number of hydrogen-bond donors (Lipinski definition) is 0. The Morgan fingerprint density at radius 1 is 0.614 bits per heavy atom. The van der Waals surface area contributed by atoms with Crippen molar-refractivity contribution in [2.24, 2.45) is 0 Å². The average Bonchev–Trinajstić information content (AvgIpc) is 3.64. The zero-order valence-electron chi connectivity index (χ0n) is 24.6. The maximum atomic E-state index is 6.63. The van der Waals surface area contributed by atoms with Crippen LogP contribution in [-0.4, -0.2) is 25.1 Å². The summed E-state index contributed by atoms with van der Waals surface area (Å²) in [6.07, 6.45) is 6.31. The molecule has 1 aliphatic heterocycles. The molecule has 228 valence electrons. The summed E-state index contributed by atoms with van der Waals surface area (Å²) in [6, 6.07) is 41.1.